The van der Waals surface area contributed by atoms with Gasteiger partial charge in [-0.1, -0.05) is 104 Å². The lowest BCUT2D eigenvalue weighted by atomic mass is 9.80. The van der Waals surface area contributed by atoms with Gasteiger partial charge in [-0.15, -0.1) is 0 Å². The summed E-state index contributed by atoms with van der Waals surface area (Å²) in [5, 5.41) is 0. The predicted octanol–water partition coefficient (Wildman–Crippen LogP) is 10.7. The maximum atomic E-state index is 2.47. The van der Waals surface area contributed by atoms with Gasteiger partial charge in [-0.25, -0.2) is 0 Å². The molecule has 4 rings (SSSR count). The molecule has 0 aromatic heterocycles. The van der Waals surface area contributed by atoms with Crippen LogP contribution in [0.25, 0.3) is 0 Å². The molecule has 0 aliphatic carbocycles. The Kier molecular flexibility index (Phi) is 7.71. The maximum absolute atomic E-state index is 2.47. The number of benzene rings is 3. The third-order valence-corrected chi connectivity index (χ3v) is 8.53. The van der Waals surface area contributed by atoms with Crippen LogP contribution >= 0.6 is 11.8 Å². The highest BCUT2D eigenvalue weighted by atomic mass is 32.2. The first-order chi connectivity index (χ1) is 16.6. The zero-order valence-electron chi connectivity index (χ0n) is 22.9. The van der Waals surface area contributed by atoms with Gasteiger partial charge in [0.25, 0.3) is 0 Å². The van der Waals surface area contributed by atoms with Gasteiger partial charge in [0.2, 0.25) is 0 Å². The first-order valence-corrected chi connectivity index (χ1v) is 14.3. The molecular weight excluding hydrogens is 442 g/mol. The van der Waals surface area contributed by atoms with Gasteiger partial charge in [-0.2, -0.15) is 0 Å². The summed E-state index contributed by atoms with van der Waals surface area (Å²) >= 11 is 1.94. The van der Waals surface area contributed by atoms with Crippen LogP contribution in [-0.2, 0) is 17.3 Å². The quantitative estimate of drug-likeness (QED) is 0.244. The lowest BCUT2D eigenvalue weighted by Crippen LogP contribution is -2.20. The molecule has 0 saturated carbocycles. The Morgan fingerprint density at radius 3 is 1.83 bits per heavy atom. The highest BCUT2D eigenvalue weighted by molar-refractivity contribution is 7.99. The minimum absolute atomic E-state index is 0.131. The summed E-state index contributed by atoms with van der Waals surface area (Å²) in [5.41, 5.74) is 8.41. The Hall–Kier alpha value is -2.19. The summed E-state index contributed by atoms with van der Waals surface area (Å²) in [5.74, 6) is 0. The zero-order chi connectivity index (χ0) is 25.2. The van der Waals surface area contributed by atoms with Crippen molar-refractivity contribution in [2.75, 3.05) is 4.90 Å². The van der Waals surface area contributed by atoms with Crippen molar-refractivity contribution < 1.29 is 0 Å². The van der Waals surface area contributed by atoms with E-state index >= 15 is 0 Å². The minimum atomic E-state index is 0.131. The monoisotopic (exact) mass is 485 g/mol. The van der Waals surface area contributed by atoms with E-state index in [1.54, 1.807) is 0 Å². The Morgan fingerprint density at radius 1 is 0.686 bits per heavy atom. The summed E-state index contributed by atoms with van der Waals surface area (Å²) in [6, 6.07) is 23.5. The van der Waals surface area contributed by atoms with Crippen molar-refractivity contribution in [2.45, 2.75) is 108 Å². The molecule has 0 radical (unpaired) electrons. The number of unbranched alkanes of at least 4 members (excludes halogenated alkanes) is 2. The van der Waals surface area contributed by atoms with Crippen molar-refractivity contribution in [3.05, 3.63) is 77.4 Å². The van der Waals surface area contributed by atoms with Gasteiger partial charge in [0, 0.05) is 15.5 Å². The van der Waals surface area contributed by atoms with E-state index in [1.165, 1.54) is 75.6 Å². The van der Waals surface area contributed by atoms with Crippen LogP contribution in [0.15, 0.2) is 70.5 Å². The zero-order valence-corrected chi connectivity index (χ0v) is 23.7. The Balaban J connectivity index is 1.80. The number of aryl methyl sites for hydroxylation is 1. The molecule has 3 aromatic carbocycles. The van der Waals surface area contributed by atoms with Crippen LogP contribution in [0, 0.1) is 0 Å². The molecule has 0 amide bonds. The van der Waals surface area contributed by atoms with E-state index in [0.29, 0.717) is 0 Å². The smallest absolute Gasteiger partial charge is 0.0601 e. The van der Waals surface area contributed by atoms with Crippen molar-refractivity contribution in [1.82, 2.24) is 0 Å². The van der Waals surface area contributed by atoms with Gasteiger partial charge in [0.05, 0.1) is 11.4 Å². The molecule has 1 aliphatic heterocycles. The lowest BCUT2D eigenvalue weighted by molar-refractivity contribution is 0.457. The van der Waals surface area contributed by atoms with Crippen LogP contribution in [0.4, 0.5) is 17.1 Å². The van der Waals surface area contributed by atoms with Gasteiger partial charge in [0.15, 0.2) is 0 Å². The second kappa shape index (κ2) is 10.4. The molecule has 0 N–H and O–H groups in total. The molecule has 2 heteroatoms. The van der Waals surface area contributed by atoms with E-state index in [0.717, 1.165) is 6.42 Å². The second-order valence-electron chi connectivity index (χ2n) is 11.8. The van der Waals surface area contributed by atoms with Crippen LogP contribution in [0.5, 0.6) is 0 Å². The van der Waals surface area contributed by atoms with Gasteiger partial charge in [-0.05, 0) is 83.2 Å². The lowest BCUT2D eigenvalue weighted by Gasteiger charge is -2.35. The normalized spacial score (nSPS) is 13.5. The molecule has 0 bridgehead atoms. The minimum Gasteiger partial charge on any atom is -0.308 e. The molecule has 0 saturated heterocycles. The molecule has 1 nitrogen and oxygen atoms in total. The Bertz CT molecular complexity index is 1150. The van der Waals surface area contributed by atoms with Crippen LogP contribution < -0.4 is 4.90 Å². The van der Waals surface area contributed by atoms with Crippen molar-refractivity contribution in [1.29, 1.82) is 0 Å². The first-order valence-electron chi connectivity index (χ1n) is 13.5. The molecule has 0 fully saturated rings. The number of anilines is 3. The van der Waals surface area contributed by atoms with Crippen molar-refractivity contribution >= 4 is 28.8 Å². The number of rotatable bonds is 8. The van der Waals surface area contributed by atoms with Gasteiger partial charge in [-0.3, -0.25) is 0 Å². The van der Waals surface area contributed by atoms with Gasteiger partial charge < -0.3 is 4.90 Å². The fourth-order valence-electron chi connectivity index (χ4n) is 4.93. The third-order valence-electron chi connectivity index (χ3n) is 7.44. The molecule has 0 atom stereocenters. The Labute approximate surface area is 218 Å². The average molecular weight is 486 g/mol. The second-order valence-corrected chi connectivity index (χ2v) is 12.9. The number of nitrogens with zero attached hydrogens (tertiary/aromatic N) is 1. The summed E-state index contributed by atoms with van der Waals surface area (Å²) in [7, 11) is 0. The molecule has 3 aromatic rings. The summed E-state index contributed by atoms with van der Waals surface area (Å²) in [6.07, 6.45) is 7.38. The molecular formula is C33H43NS. The van der Waals surface area contributed by atoms with Gasteiger partial charge in [0.1, 0.15) is 0 Å². The van der Waals surface area contributed by atoms with Crippen molar-refractivity contribution in [3.63, 3.8) is 0 Å². The van der Waals surface area contributed by atoms with Crippen LogP contribution in [0.2, 0.25) is 0 Å². The van der Waals surface area contributed by atoms with E-state index in [4.69, 9.17) is 0 Å². The molecule has 186 valence electrons. The molecule has 0 spiro atoms. The van der Waals surface area contributed by atoms with E-state index in [9.17, 15) is 0 Å². The Morgan fingerprint density at radius 2 is 1.26 bits per heavy atom. The van der Waals surface area contributed by atoms with E-state index in [-0.39, 0.29) is 10.8 Å². The average Bonchev–Trinajstić information content (AvgIpc) is 2.84. The molecule has 35 heavy (non-hydrogen) atoms. The fourth-order valence-corrected chi connectivity index (χ4v) is 6.07. The molecule has 1 heterocycles. The summed E-state index contributed by atoms with van der Waals surface area (Å²) in [4.78, 5) is 5.18. The van der Waals surface area contributed by atoms with Gasteiger partial charge >= 0.3 is 0 Å². The topological polar surface area (TPSA) is 3.24 Å². The summed E-state index contributed by atoms with van der Waals surface area (Å²) < 4.78 is 0. The first kappa shape index (κ1) is 25.9. The van der Waals surface area contributed by atoms with E-state index < -0.39 is 0 Å². The number of hydrogen-bond acceptors (Lipinski definition) is 2. The van der Waals surface area contributed by atoms with E-state index in [2.05, 4.69) is 114 Å². The van der Waals surface area contributed by atoms with Crippen LogP contribution in [-0.4, -0.2) is 0 Å². The number of hydrogen-bond donors (Lipinski definition) is 0. The van der Waals surface area contributed by atoms with Crippen LogP contribution in [0.1, 0.15) is 97.3 Å². The van der Waals surface area contributed by atoms with Crippen LogP contribution in [0.3, 0.4) is 0 Å². The van der Waals surface area contributed by atoms with E-state index in [1.807, 2.05) is 11.8 Å². The molecule has 0 unspecified atom stereocenters. The highest BCUT2D eigenvalue weighted by Crippen LogP contribution is 2.53. The standard InChI is InChI=1S/C33H43NS/c1-8-10-12-24-13-17-27(18-14-24)34-28-19-15-25(32(3,4)5)22-30(28)35-31-23-26(16-20-29(31)34)33(6,7)21-11-9-2/h13-20,22-23H,8-12,21H2,1-7H3. The highest BCUT2D eigenvalue weighted by Gasteiger charge is 2.29. The summed E-state index contributed by atoms with van der Waals surface area (Å²) in [6.45, 7) is 16.3. The van der Waals surface area contributed by atoms with Crippen molar-refractivity contribution in [3.8, 4) is 0 Å². The predicted molar refractivity (Wildman–Crippen MR) is 155 cm³/mol. The SMILES string of the molecule is CCCCc1ccc(N2c3ccc(C(C)(C)C)cc3Sc3cc(C(C)(C)CCCC)ccc32)cc1. The largest absolute Gasteiger partial charge is 0.308 e. The maximum Gasteiger partial charge on any atom is 0.0601 e. The third kappa shape index (κ3) is 5.64. The van der Waals surface area contributed by atoms with Crippen molar-refractivity contribution in [2.24, 2.45) is 0 Å². The number of fused-ring (bicyclic) bond motifs is 2. The fraction of sp³-hybridized carbons (Fsp3) is 0.455. The molecule has 1 aliphatic rings.